The molecule has 32 heavy (non-hydrogen) atoms. The molecule has 2 amide bonds. The Balaban J connectivity index is 1.12. The number of carbonyl (C=O) groups excluding carboxylic acids is 2. The maximum Gasteiger partial charge on any atom is 0.233 e. The fourth-order valence-electron chi connectivity index (χ4n) is 5.91. The number of piperazine rings is 1. The topological polar surface area (TPSA) is 80.3 Å². The number of allylic oxidation sites excluding steroid dienone is 2. The van der Waals surface area contributed by atoms with Crippen LogP contribution < -0.4 is 10.6 Å². The van der Waals surface area contributed by atoms with Crippen LogP contribution in [0, 0.1) is 29.6 Å². The first-order chi connectivity index (χ1) is 15.5. The Hall–Kier alpha value is -1.93. The molecule has 0 aromatic carbocycles. The molecule has 0 aromatic heterocycles. The summed E-state index contributed by atoms with van der Waals surface area (Å²) in [5.74, 6) is 1.80. The average molecular weight is 445 g/mol. The number of likely N-dealkylation sites (tertiary alicyclic amines) is 1. The molecule has 2 bridgehead atoms. The molecule has 8 nitrogen and oxygen atoms in total. The third-order valence-electron chi connectivity index (χ3n) is 7.74. The van der Waals surface area contributed by atoms with Crippen molar-refractivity contribution in [2.75, 3.05) is 66.0 Å². The second kappa shape index (κ2) is 10.3. The van der Waals surface area contributed by atoms with E-state index in [1.165, 1.54) is 18.0 Å². The molecule has 5 unspecified atom stereocenters. The van der Waals surface area contributed by atoms with Gasteiger partial charge in [0.05, 0.1) is 11.8 Å². The Morgan fingerprint density at radius 1 is 1.06 bits per heavy atom. The van der Waals surface area contributed by atoms with Crippen molar-refractivity contribution < 1.29 is 9.59 Å². The largest absolute Gasteiger partial charge is 0.356 e. The van der Waals surface area contributed by atoms with Gasteiger partial charge in [-0.1, -0.05) is 26.0 Å². The Bertz CT molecular complexity index is 715. The molecule has 2 aliphatic carbocycles. The predicted molar refractivity (Wildman–Crippen MR) is 126 cm³/mol. The summed E-state index contributed by atoms with van der Waals surface area (Å²) in [5, 5.41) is 6.76. The number of guanidine groups is 1. The molecule has 0 spiro atoms. The van der Waals surface area contributed by atoms with Gasteiger partial charge in [0.15, 0.2) is 5.96 Å². The second-order valence-electron chi connectivity index (χ2n) is 9.90. The number of aliphatic imine (C=N–C) groups is 1. The highest BCUT2D eigenvalue weighted by atomic mass is 16.2. The second-order valence-corrected chi connectivity index (χ2v) is 9.90. The normalized spacial score (nSPS) is 31.5. The van der Waals surface area contributed by atoms with Gasteiger partial charge in [0.1, 0.15) is 0 Å². The summed E-state index contributed by atoms with van der Waals surface area (Å²) in [7, 11) is 1.78. The minimum Gasteiger partial charge on any atom is -0.356 e. The van der Waals surface area contributed by atoms with Gasteiger partial charge in [-0.3, -0.25) is 19.5 Å². The molecular formula is C24H40N6O2. The molecule has 2 aliphatic heterocycles. The average Bonchev–Trinajstić information content (AvgIpc) is 3.48. The number of nitrogens with one attached hydrogen (secondary N) is 2. The molecule has 2 heterocycles. The van der Waals surface area contributed by atoms with Crippen molar-refractivity contribution in [3.8, 4) is 0 Å². The third kappa shape index (κ3) is 4.86. The zero-order valence-electron chi connectivity index (χ0n) is 19.9. The quantitative estimate of drug-likeness (QED) is 0.178. The van der Waals surface area contributed by atoms with Gasteiger partial charge in [-0.2, -0.15) is 0 Å². The smallest absolute Gasteiger partial charge is 0.233 e. The number of fused-ring (bicyclic) bond motifs is 5. The van der Waals surface area contributed by atoms with E-state index in [-0.39, 0.29) is 35.5 Å². The lowest BCUT2D eigenvalue weighted by atomic mass is 9.85. The van der Waals surface area contributed by atoms with E-state index in [1.54, 1.807) is 7.05 Å². The summed E-state index contributed by atoms with van der Waals surface area (Å²) in [5.41, 5.74) is 0. The van der Waals surface area contributed by atoms with Crippen LogP contribution >= 0.6 is 0 Å². The van der Waals surface area contributed by atoms with Gasteiger partial charge in [-0.15, -0.1) is 0 Å². The van der Waals surface area contributed by atoms with Crippen molar-refractivity contribution in [3.63, 3.8) is 0 Å². The minimum atomic E-state index is -0.0914. The van der Waals surface area contributed by atoms with Crippen molar-refractivity contribution in [1.29, 1.82) is 0 Å². The first-order valence-electron chi connectivity index (χ1n) is 12.4. The van der Waals surface area contributed by atoms with Crippen LogP contribution in [0.25, 0.3) is 0 Å². The van der Waals surface area contributed by atoms with Crippen LogP contribution in [0.2, 0.25) is 0 Å². The summed E-state index contributed by atoms with van der Waals surface area (Å²) in [4.78, 5) is 36.4. The number of likely N-dealkylation sites (N-methyl/N-ethyl adjacent to an activating group) is 1. The molecular weight excluding hydrogens is 404 g/mol. The van der Waals surface area contributed by atoms with Crippen molar-refractivity contribution in [2.24, 2.45) is 34.6 Å². The zero-order chi connectivity index (χ0) is 22.7. The predicted octanol–water partition coefficient (Wildman–Crippen LogP) is 0.622. The molecule has 0 radical (unpaired) electrons. The van der Waals surface area contributed by atoms with Crippen LogP contribution in [0.5, 0.6) is 0 Å². The highest BCUT2D eigenvalue weighted by molar-refractivity contribution is 6.06. The number of hydrogen-bond acceptors (Lipinski definition) is 5. The number of hydrogen-bond donors (Lipinski definition) is 2. The maximum absolute atomic E-state index is 12.8. The molecule has 8 heteroatoms. The van der Waals surface area contributed by atoms with E-state index >= 15 is 0 Å². The monoisotopic (exact) mass is 444 g/mol. The van der Waals surface area contributed by atoms with Crippen LogP contribution in [0.15, 0.2) is 17.1 Å². The fraction of sp³-hybridized carbons (Fsp3) is 0.792. The van der Waals surface area contributed by atoms with Crippen LogP contribution in [0.1, 0.15) is 26.7 Å². The highest BCUT2D eigenvalue weighted by Crippen LogP contribution is 2.52. The van der Waals surface area contributed by atoms with Crippen LogP contribution in [-0.2, 0) is 9.59 Å². The summed E-state index contributed by atoms with van der Waals surface area (Å²) in [6, 6.07) is 0. The number of carbonyl (C=O) groups is 2. The Kier molecular flexibility index (Phi) is 7.51. The molecule has 2 N–H and O–H groups in total. The SMILES string of the molecule is CCN1CCN(CC(C)CNC(=NC)NCCCN2C(=O)C3C4C=CC(C4)C3C2=O)CC1. The van der Waals surface area contributed by atoms with E-state index in [0.717, 1.165) is 51.5 Å². The van der Waals surface area contributed by atoms with Gasteiger partial charge in [0.2, 0.25) is 11.8 Å². The Morgan fingerprint density at radius 2 is 1.69 bits per heavy atom. The molecule has 2 saturated heterocycles. The van der Waals surface area contributed by atoms with E-state index in [4.69, 9.17) is 0 Å². The van der Waals surface area contributed by atoms with Crippen molar-refractivity contribution >= 4 is 17.8 Å². The first kappa shape index (κ1) is 23.2. The van der Waals surface area contributed by atoms with Crippen molar-refractivity contribution in [1.82, 2.24) is 25.3 Å². The minimum absolute atomic E-state index is 0.0490. The lowest BCUT2D eigenvalue weighted by molar-refractivity contribution is -0.140. The zero-order valence-corrected chi connectivity index (χ0v) is 19.9. The number of imide groups is 1. The van der Waals surface area contributed by atoms with Gasteiger partial charge in [-0.05, 0) is 37.1 Å². The maximum atomic E-state index is 12.8. The molecule has 3 fully saturated rings. The van der Waals surface area contributed by atoms with Gasteiger partial charge in [0, 0.05) is 59.4 Å². The Morgan fingerprint density at radius 3 is 2.28 bits per heavy atom. The van der Waals surface area contributed by atoms with Crippen LogP contribution in [0.3, 0.4) is 0 Å². The molecule has 178 valence electrons. The number of rotatable bonds is 9. The standard InChI is InChI=1S/C24H40N6O2/c1-4-28-10-12-29(13-11-28)16-17(2)15-27-24(25-3)26-8-5-9-30-22(31)20-18-6-7-19(14-18)21(20)23(30)32/h6-7,17-21H,4-5,8-16H2,1-3H3,(H2,25,26,27). The lowest BCUT2D eigenvalue weighted by Gasteiger charge is -2.35. The van der Waals surface area contributed by atoms with Crippen LogP contribution in [-0.4, -0.2) is 98.4 Å². The number of amides is 2. The molecule has 4 rings (SSSR count). The van der Waals surface area contributed by atoms with Crippen molar-refractivity contribution in [3.05, 3.63) is 12.2 Å². The van der Waals surface area contributed by atoms with E-state index < -0.39 is 0 Å². The lowest BCUT2D eigenvalue weighted by Crippen LogP contribution is -2.48. The third-order valence-corrected chi connectivity index (χ3v) is 7.74. The first-order valence-corrected chi connectivity index (χ1v) is 12.4. The van der Waals surface area contributed by atoms with E-state index in [2.05, 4.69) is 51.4 Å². The van der Waals surface area contributed by atoms with E-state index in [1.807, 2.05) is 0 Å². The van der Waals surface area contributed by atoms with Gasteiger partial charge >= 0.3 is 0 Å². The van der Waals surface area contributed by atoms with Gasteiger partial charge < -0.3 is 20.4 Å². The number of nitrogens with zero attached hydrogens (tertiary/aromatic N) is 4. The summed E-state index contributed by atoms with van der Waals surface area (Å²) < 4.78 is 0. The molecule has 4 aliphatic rings. The molecule has 0 aromatic rings. The fourth-order valence-corrected chi connectivity index (χ4v) is 5.91. The van der Waals surface area contributed by atoms with Crippen LogP contribution in [0.4, 0.5) is 0 Å². The van der Waals surface area contributed by atoms with E-state index in [9.17, 15) is 9.59 Å². The summed E-state index contributed by atoms with van der Waals surface area (Å²) >= 11 is 0. The summed E-state index contributed by atoms with van der Waals surface area (Å²) in [6.07, 6.45) is 6.00. The van der Waals surface area contributed by atoms with Crippen molar-refractivity contribution in [2.45, 2.75) is 26.7 Å². The molecule has 5 atom stereocenters. The highest BCUT2D eigenvalue weighted by Gasteiger charge is 2.58. The van der Waals surface area contributed by atoms with Gasteiger partial charge in [0.25, 0.3) is 0 Å². The van der Waals surface area contributed by atoms with Gasteiger partial charge in [-0.25, -0.2) is 0 Å². The van der Waals surface area contributed by atoms with E-state index in [0.29, 0.717) is 19.0 Å². The Labute approximate surface area is 192 Å². The molecule has 1 saturated carbocycles. The summed E-state index contributed by atoms with van der Waals surface area (Å²) in [6.45, 7) is 13.4.